The number of pyridine rings is 1. The van der Waals surface area contributed by atoms with Crippen molar-refractivity contribution in [3.05, 3.63) is 47.1 Å². The summed E-state index contributed by atoms with van der Waals surface area (Å²) in [5, 5.41) is 5.38. The summed E-state index contributed by atoms with van der Waals surface area (Å²) in [5.74, 6) is 2.83. The van der Waals surface area contributed by atoms with Gasteiger partial charge >= 0.3 is 0 Å². The molecule has 0 unspecified atom stereocenters. The molecule has 0 bridgehead atoms. The van der Waals surface area contributed by atoms with Crippen molar-refractivity contribution in [2.24, 2.45) is 0 Å². The lowest BCUT2D eigenvalue weighted by molar-refractivity contribution is 0.561. The predicted molar refractivity (Wildman–Crippen MR) is 137 cm³/mol. The molecule has 6 nitrogen and oxygen atoms in total. The van der Waals surface area contributed by atoms with Crippen molar-refractivity contribution in [3.63, 3.8) is 0 Å². The molecule has 3 aromatic rings. The van der Waals surface area contributed by atoms with Gasteiger partial charge in [-0.3, -0.25) is 4.98 Å². The molecular formula is C26H35ClN6. The van der Waals surface area contributed by atoms with Crippen LogP contribution in [0.5, 0.6) is 0 Å². The minimum absolute atomic E-state index is 0.715. The zero-order chi connectivity index (χ0) is 22.9. The Morgan fingerprint density at radius 3 is 2.48 bits per heavy atom. The van der Waals surface area contributed by atoms with E-state index in [-0.39, 0.29) is 0 Å². The van der Waals surface area contributed by atoms with Gasteiger partial charge in [-0.2, -0.15) is 9.97 Å². The van der Waals surface area contributed by atoms with Crippen molar-refractivity contribution in [1.82, 2.24) is 19.9 Å². The van der Waals surface area contributed by atoms with E-state index in [4.69, 9.17) is 26.6 Å². The second kappa shape index (κ2) is 12.1. The topological polar surface area (TPSA) is 66.8 Å². The third-order valence-corrected chi connectivity index (χ3v) is 6.44. The molecule has 1 aliphatic heterocycles. The third-order valence-electron chi connectivity index (χ3n) is 6.21. The highest BCUT2D eigenvalue weighted by Crippen LogP contribution is 2.24. The Kier molecular flexibility index (Phi) is 8.70. The molecule has 2 aromatic heterocycles. The van der Waals surface area contributed by atoms with Crippen LogP contribution in [-0.2, 0) is 12.8 Å². The summed E-state index contributed by atoms with van der Waals surface area (Å²) in [6.45, 7) is 5.28. The molecule has 33 heavy (non-hydrogen) atoms. The first-order valence-corrected chi connectivity index (χ1v) is 12.9. The van der Waals surface area contributed by atoms with Crippen LogP contribution in [-0.4, -0.2) is 39.6 Å². The monoisotopic (exact) mass is 466 g/mol. The lowest BCUT2D eigenvalue weighted by atomic mass is 10.1. The van der Waals surface area contributed by atoms with Gasteiger partial charge in [0, 0.05) is 54.8 Å². The van der Waals surface area contributed by atoms with Gasteiger partial charge in [0.25, 0.3) is 0 Å². The van der Waals surface area contributed by atoms with Gasteiger partial charge in [0.15, 0.2) is 0 Å². The maximum Gasteiger partial charge on any atom is 0.228 e. The van der Waals surface area contributed by atoms with Crippen molar-refractivity contribution < 1.29 is 0 Å². The summed E-state index contributed by atoms with van der Waals surface area (Å²) in [7, 11) is 0. The highest BCUT2D eigenvalue weighted by atomic mass is 35.5. The molecule has 0 atom stereocenters. The number of rotatable bonds is 11. The van der Waals surface area contributed by atoms with Gasteiger partial charge in [-0.15, -0.1) is 0 Å². The third kappa shape index (κ3) is 6.76. The number of hydrogen-bond donors (Lipinski definition) is 1. The standard InChI is InChI=1S/C26H35ClN6/c1-2-3-10-24-30-25(32-26(31-24)33-17-8-5-9-18-33)11-6-4-7-15-28-22-14-16-29-23-19-20(27)12-13-21(22)23/h12-14,16,19H,2-11,15,17-18H2,1H3,(H,28,29). The predicted octanol–water partition coefficient (Wildman–Crippen LogP) is 6.23. The second-order valence-electron chi connectivity index (χ2n) is 8.88. The number of hydrogen-bond acceptors (Lipinski definition) is 6. The van der Waals surface area contributed by atoms with Crippen molar-refractivity contribution in [3.8, 4) is 0 Å². The molecule has 1 N–H and O–H groups in total. The van der Waals surface area contributed by atoms with Crippen LogP contribution in [0.1, 0.15) is 69.9 Å². The fraction of sp³-hybridized carbons (Fsp3) is 0.538. The highest BCUT2D eigenvalue weighted by Gasteiger charge is 2.16. The number of unbranched alkanes of at least 4 members (excludes halogenated alkanes) is 3. The van der Waals surface area contributed by atoms with Crippen LogP contribution in [0.3, 0.4) is 0 Å². The zero-order valence-electron chi connectivity index (χ0n) is 19.7. The molecule has 0 aliphatic carbocycles. The minimum Gasteiger partial charge on any atom is -0.384 e. The Morgan fingerprint density at radius 2 is 1.70 bits per heavy atom. The number of benzene rings is 1. The van der Waals surface area contributed by atoms with Gasteiger partial charge in [0.05, 0.1) is 5.52 Å². The summed E-state index contributed by atoms with van der Waals surface area (Å²) in [5.41, 5.74) is 2.03. The number of nitrogens with zero attached hydrogens (tertiary/aromatic N) is 5. The summed E-state index contributed by atoms with van der Waals surface area (Å²) >= 11 is 6.09. The molecule has 3 heterocycles. The summed E-state index contributed by atoms with van der Waals surface area (Å²) in [6, 6.07) is 7.88. The first-order valence-electron chi connectivity index (χ1n) is 12.5. The second-order valence-corrected chi connectivity index (χ2v) is 9.31. The molecule has 1 aromatic carbocycles. The molecule has 4 rings (SSSR count). The molecule has 1 aliphatic rings. The summed E-state index contributed by atoms with van der Waals surface area (Å²) in [6.07, 6.45) is 13.1. The van der Waals surface area contributed by atoms with Crippen LogP contribution < -0.4 is 10.2 Å². The van der Waals surface area contributed by atoms with E-state index in [1.54, 1.807) is 0 Å². The van der Waals surface area contributed by atoms with E-state index < -0.39 is 0 Å². The molecule has 0 radical (unpaired) electrons. The van der Waals surface area contributed by atoms with Gasteiger partial charge in [0.2, 0.25) is 5.95 Å². The number of halogens is 1. The largest absolute Gasteiger partial charge is 0.384 e. The number of nitrogens with one attached hydrogen (secondary N) is 1. The molecule has 0 spiro atoms. The van der Waals surface area contributed by atoms with E-state index in [9.17, 15) is 0 Å². The van der Waals surface area contributed by atoms with Gasteiger partial charge in [0.1, 0.15) is 11.6 Å². The zero-order valence-corrected chi connectivity index (χ0v) is 20.4. The SMILES string of the molecule is CCCCc1nc(CCCCCNc2ccnc3cc(Cl)ccc23)nc(N2CCCCC2)n1. The molecule has 1 saturated heterocycles. The van der Waals surface area contributed by atoms with E-state index >= 15 is 0 Å². The normalized spacial score (nSPS) is 14.1. The Morgan fingerprint density at radius 1 is 0.909 bits per heavy atom. The first kappa shape index (κ1) is 23.7. The van der Waals surface area contributed by atoms with E-state index in [1.165, 1.54) is 19.3 Å². The Labute approximate surface area is 202 Å². The molecule has 1 fully saturated rings. The average Bonchev–Trinajstić information content (AvgIpc) is 2.85. The van der Waals surface area contributed by atoms with Crippen LogP contribution in [0.15, 0.2) is 30.5 Å². The van der Waals surface area contributed by atoms with Crippen LogP contribution in [0, 0.1) is 0 Å². The van der Waals surface area contributed by atoms with E-state index in [2.05, 4.69) is 22.1 Å². The Bertz CT molecular complexity index is 1030. The fourth-order valence-corrected chi connectivity index (χ4v) is 4.50. The lowest BCUT2D eigenvalue weighted by Crippen LogP contribution is -2.31. The fourth-order valence-electron chi connectivity index (χ4n) is 4.33. The Balaban J connectivity index is 1.28. The Hall–Kier alpha value is -2.47. The van der Waals surface area contributed by atoms with Crippen LogP contribution in [0.4, 0.5) is 11.6 Å². The minimum atomic E-state index is 0.715. The van der Waals surface area contributed by atoms with Gasteiger partial charge < -0.3 is 10.2 Å². The molecule has 7 heteroatoms. The lowest BCUT2D eigenvalue weighted by Gasteiger charge is -2.27. The van der Waals surface area contributed by atoms with Crippen LogP contribution in [0.25, 0.3) is 10.9 Å². The summed E-state index contributed by atoms with van der Waals surface area (Å²) in [4.78, 5) is 21.2. The van der Waals surface area contributed by atoms with Crippen molar-refractivity contribution in [1.29, 1.82) is 0 Å². The van der Waals surface area contributed by atoms with E-state index in [0.717, 1.165) is 98.8 Å². The number of fused-ring (bicyclic) bond motifs is 1. The molecule has 0 amide bonds. The smallest absolute Gasteiger partial charge is 0.228 e. The van der Waals surface area contributed by atoms with Gasteiger partial charge in [-0.1, -0.05) is 31.4 Å². The van der Waals surface area contributed by atoms with Crippen LogP contribution in [0.2, 0.25) is 5.02 Å². The number of aryl methyl sites for hydroxylation is 2. The van der Waals surface area contributed by atoms with Crippen molar-refractivity contribution in [2.75, 3.05) is 29.9 Å². The van der Waals surface area contributed by atoms with E-state index in [0.29, 0.717) is 5.02 Å². The molecule has 176 valence electrons. The number of aromatic nitrogens is 4. The van der Waals surface area contributed by atoms with Crippen LogP contribution >= 0.6 is 11.6 Å². The van der Waals surface area contributed by atoms with Gasteiger partial charge in [-0.25, -0.2) is 4.98 Å². The maximum absolute atomic E-state index is 6.09. The molecule has 0 saturated carbocycles. The van der Waals surface area contributed by atoms with Crippen molar-refractivity contribution in [2.45, 2.75) is 71.1 Å². The summed E-state index contributed by atoms with van der Waals surface area (Å²) < 4.78 is 0. The average molecular weight is 467 g/mol. The first-order chi connectivity index (χ1) is 16.2. The number of anilines is 2. The quantitative estimate of drug-likeness (QED) is 0.338. The van der Waals surface area contributed by atoms with Gasteiger partial charge in [-0.05, 0) is 62.8 Å². The highest BCUT2D eigenvalue weighted by molar-refractivity contribution is 6.31. The molecular weight excluding hydrogens is 432 g/mol. The van der Waals surface area contributed by atoms with E-state index in [1.807, 2.05) is 30.5 Å². The van der Waals surface area contributed by atoms with Crippen molar-refractivity contribution >= 4 is 34.1 Å². The number of piperidine rings is 1. The maximum atomic E-state index is 6.09.